The van der Waals surface area contributed by atoms with Crippen molar-refractivity contribution in [2.45, 2.75) is 18.9 Å². The fourth-order valence-corrected chi connectivity index (χ4v) is 2.91. The summed E-state index contributed by atoms with van der Waals surface area (Å²) in [7, 11) is 0. The van der Waals surface area contributed by atoms with Crippen molar-refractivity contribution in [1.82, 2.24) is 4.90 Å². The van der Waals surface area contributed by atoms with E-state index in [0.717, 1.165) is 37.4 Å². The topological polar surface area (TPSA) is 61.8 Å². The van der Waals surface area contributed by atoms with E-state index >= 15 is 0 Å². The summed E-state index contributed by atoms with van der Waals surface area (Å²) in [6.07, 6.45) is 1.30. The quantitative estimate of drug-likeness (QED) is 0.867. The third kappa shape index (κ3) is 2.58. The molecule has 2 unspecified atom stereocenters. The third-order valence-corrected chi connectivity index (χ3v) is 4.04. The van der Waals surface area contributed by atoms with Crippen LogP contribution in [0, 0.1) is 5.92 Å². The van der Waals surface area contributed by atoms with E-state index in [1.54, 1.807) is 0 Å². The summed E-state index contributed by atoms with van der Waals surface area (Å²) in [6, 6.07) is 7.67. The van der Waals surface area contributed by atoms with Gasteiger partial charge in [0, 0.05) is 19.7 Å². The highest BCUT2D eigenvalue weighted by molar-refractivity contribution is 5.83. The van der Waals surface area contributed by atoms with Crippen molar-refractivity contribution in [1.29, 1.82) is 0 Å². The van der Waals surface area contributed by atoms with E-state index in [1.807, 2.05) is 29.2 Å². The minimum Gasteiger partial charge on any atom is -0.477 e. The number of benzene rings is 1. The molecule has 1 saturated heterocycles. The van der Waals surface area contributed by atoms with E-state index in [4.69, 9.17) is 9.84 Å². The molecule has 2 heterocycles. The van der Waals surface area contributed by atoms with Gasteiger partial charge in [-0.25, -0.2) is 0 Å². The first-order valence-electron chi connectivity index (χ1n) is 7.17. The number of hydrogen-bond donors (Lipinski definition) is 2. The molecule has 0 saturated carbocycles. The van der Waals surface area contributed by atoms with Gasteiger partial charge in [-0.2, -0.15) is 0 Å². The number of aliphatic hydroxyl groups is 1. The molecular weight excluding hydrogens is 256 g/mol. The zero-order valence-electron chi connectivity index (χ0n) is 11.4. The van der Waals surface area contributed by atoms with Gasteiger partial charge in [0.05, 0.1) is 12.2 Å². The Morgan fingerprint density at radius 3 is 3.15 bits per heavy atom. The van der Waals surface area contributed by atoms with E-state index in [2.05, 4.69) is 5.32 Å². The molecule has 2 aliphatic rings. The zero-order valence-corrected chi connectivity index (χ0v) is 11.4. The standard InChI is InChI=1S/C15H20N2O3/c18-8-6-11-5-7-17(10-11)15(19)14-9-16-12-3-1-2-4-13(12)20-14/h1-4,11,14,16,18H,5-10H2. The molecule has 0 radical (unpaired) electrons. The van der Waals surface area contributed by atoms with Crippen LogP contribution in [0.4, 0.5) is 5.69 Å². The SMILES string of the molecule is O=C(C1CNc2ccccc2O1)N1CCC(CCO)C1. The number of ether oxygens (including phenoxy) is 1. The molecule has 1 fully saturated rings. The van der Waals surface area contributed by atoms with Crippen LogP contribution in [-0.2, 0) is 4.79 Å². The second kappa shape index (κ2) is 5.71. The van der Waals surface area contributed by atoms with Gasteiger partial charge in [-0.3, -0.25) is 4.79 Å². The number of rotatable bonds is 3. The molecule has 2 N–H and O–H groups in total. The van der Waals surface area contributed by atoms with Crippen molar-refractivity contribution in [2.75, 3.05) is 31.6 Å². The number of para-hydroxylation sites is 2. The number of nitrogens with zero attached hydrogens (tertiary/aromatic N) is 1. The number of likely N-dealkylation sites (tertiary alicyclic amines) is 1. The Morgan fingerprint density at radius 2 is 2.30 bits per heavy atom. The summed E-state index contributed by atoms with van der Waals surface area (Å²) < 4.78 is 5.80. The number of fused-ring (bicyclic) bond motifs is 1. The van der Waals surface area contributed by atoms with E-state index < -0.39 is 6.10 Å². The van der Waals surface area contributed by atoms with E-state index in [9.17, 15) is 4.79 Å². The van der Waals surface area contributed by atoms with Crippen molar-refractivity contribution in [3.63, 3.8) is 0 Å². The molecule has 5 heteroatoms. The highest BCUT2D eigenvalue weighted by Crippen LogP contribution is 2.29. The number of nitrogens with one attached hydrogen (secondary N) is 1. The molecular formula is C15H20N2O3. The van der Waals surface area contributed by atoms with Crippen LogP contribution in [0.5, 0.6) is 5.75 Å². The van der Waals surface area contributed by atoms with Crippen LogP contribution in [0.25, 0.3) is 0 Å². The van der Waals surface area contributed by atoms with Gasteiger partial charge in [-0.1, -0.05) is 12.1 Å². The summed E-state index contributed by atoms with van der Waals surface area (Å²) in [5, 5.41) is 12.2. The molecule has 0 spiro atoms. The zero-order chi connectivity index (χ0) is 13.9. The van der Waals surface area contributed by atoms with Crippen LogP contribution >= 0.6 is 0 Å². The van der Waals surface area contributed by atoms with Crippen LogP contribution in [0.2, 0.25) is 0 Å². The van der Waals surface area contributed by atoms with Crippen LogP contribution in [0.3, 0.4) is 0 Å². The van der Waals surface area contributed by atoms with Crippen LogP contribution in [-0.4, -0.2) is 48.3 Å². The predicted molar refractivity (Wildman–Crippen MR) is 75.7 cm³/mol. The van der Waals surface area contributed by atoms with E-state index in [-0.39, 0.29) is 12.5 Å². The summed E-state index contributed by atoms with van der Waals surface area (Å²) >= 11 is 0. The van der Waals surface area contributed by atoms with Crippen molar-refractivity contribution >= 4 is 11.6 Å². The van der Waals surface area contributed by atoms with Crippen molar-refractivity contribution < 1.29 is 14.6 Å². The number of aliphatic hydroxyl groups excluding tert-OH is 1. The lowest BCUT2D eigenvalue weighted by Crippen LogP contribution is -2.46. The second-order valence-electron chi connectivity index (χ2n) is 5.43. The van der Waals surface area contributed by atoms with Gasteiger partial charge in [0.2, 0.25) is 0 Å². The van der Waals surface area contributed by atoms with Gasteiger partial charge in [0.15, 0.2) is 6.10 Å². The molecule has 108 valence electrons. The average Bonchev–Trinajstić information content (AvgIpc) is 2.95. The molecule has 0 aliphatic carbocycles. The maximum Gasteiger partial charge on any atom is 0.265 e. The van der Waals surface area contributed by atoms with Crippen LogP contribution in [0.1, 0.15) is 12.8 Å². The van der Waals surface area contributed by atoms with Gasteiger partial charge in [0.25, 0.3) is 5.91 Å². The maximum atomic E-state index is 12.5. The lowest BCUT2D eigenvalue weighted by atomic mass is 10.1. The normalized spacial score (nSPS) is 24.8. The maximum absolute atomic E-state index is 12.5. The van der Waals surface area contributed by atoms with Gasteiger partial charge < -0.3 is 20.1 Å². The number of amides is 1. The molecule has 1 aromatic rings. The summed E-state index contributed by atoms with van der Waals surface area (Å²) in [5.74, 6) is 1.21. The minimum atomic E-state index is -0.447. The molecule has 0 aromatic heterocycles. The smallest absolute Gasteiger partial charge is 0.265 e. The Morgan fingerprint density at radius 1 is 1.45 bits per heavy atom. The van der Waals surface area contributed by atoms with Gasteiger partial charge in [0.1, 0.15) is 5.75 Å². The molecule has 1 amide bonds. The summed E-state index contributed by atoms with van der Waals surface area (Å²) in [4.78, 5) is 14.3. The van der Waals surface area contributed by atoms with Crippen molar-refractivity contribution in [3.8, 4) is 5.75 Å². The monoisotopic (exact) mass is 276 g/mol. The molecule has 5 nitrogen and oxygen atoms in total. The van der Waals surface area contributed by atoms with Gasteiger partial charge in [-0.15, -0.1) is 0 Å². The third-order valence-electron chi connectivity index (χ3n) is 4.04. The first-order chi connectivity index (χ1) is 9.78. The van der Waals surface area contributed by atoms with Gasteiger partial charge >= 0.3 is 0 Å². The number of hydrogen-bond acceptors (Lipinski definition) is 4. The Hall–Kier alpha value is -1.75. The van der Waals surface area contributed by atoms with E-state index in [0.29, 0.717) is 12.5 Å². The van der Waals surface area contributed by atoms with Gasteiger partial charge in [-0.05, 0) is 30.9 Å². The Balaban J connectivity index is 1.62. The molecule has 3 rings (SSSR count). The highest BCUT2D eigenvalue weighted by atomic mass is 16.5. The Kier molecular flexibility index (Phi) is 3.78. The number of carbonyl (C=O) groups excluding carboxylic acids is 1. The van der Waals surface area contributed by atoms with Crippen molar-refractivity contribution in [2.24, 2.45) is 5.92 Å². The number of carbonyl (C=O) groups is 1. The molecule has 2 atom stereocenters. The molecule has 20 heavy (non-hydrogen) atoms. The van der Waals surface area contributed by atoms with Crippen molar-refractivity contribution in [3.05, 3.63) is 24.3 Å². The molecule has 2 aliphatic heterocycles. The van der Waals surface area contributed by atoms with Crippen LogP contribution < -0.4 is 10.1 Å². The first kappa shape index (κ1) is 13.2. The summed E-state index contributed by atoms with van der Waals surface area (Å²) in [6.45, 7) is 2.21. The second-order valence-corrected chi connectivity index (χ2v) is 5.43. The largest absolute Gasteiger partial charge is 0.477 e. The number of anilines is 1. The Bertz CT molecular complexity index is 492. The van der Waals surface area contributed by atoms with E-state index in [1.165, 1.54) is 0 Å². The minimum absolute atomic E-state index is 0.0486. The first-order valence-corrected chi connectivity index (χ1v) is 7.17. The summed E-state index contributed by atoms with van der Waals surface area (Å²) in [5.41, 5.74) is 0.941. The molecule has 1 aromatic carbocycles. The fraction of sp³-hybridized carbons (Fsp3) is 0.533. The lowest BCUT2D eigenvalue weighted by Gasteiger charge is -2.29. The fourth-order valence-electron chi connectivity index (χ4n) is 2.91. The highest BCUT2D eigenvalue weighted by Gasteiger charge is 2.33. The predicted octanol–water partition coefficient (Wildman–Crippen LogP) is 1.09. The lowest BCUT2D eigenvalue weighted by molar-refractivity contribution is -0.137. The Labute approximate surface area is 118 Å². The van der Waals surface area contributed by atoms with Crippen LogP contribution in [0.15, 0.2) is 24.3 Å². The molecule has 0 bridgehead atoms. The average molecular weight is 276 g/mol.